The summed E-state index contributed by atoms with van der Waals surface area (Å²) in [4.78, 5) is 0. The molecule has 1 fully saturated rings. The van der Waals surface area contributed by atoms with Crippen molar-refractivity contribution in [2.75, 3.05) is 26.0 Å². The molecule has 0 aromatic heterocycles. The molecule has 1 rings (SSSR count). The van der Waals surface area contributed by atoms with E-state index in [4.69, 9.17) is 0 Å². The molecule has 0 aromatic rings. The quantitative estimate of drug-likeness (QED) is 0.751. The number of rotatable bonds is 6. The van der Waals surface area contributed by atoms with Crippen molar-refractivity contribution >= 4 is 11.8 Å². The third-order valence-electron chi connectivity index (χ3n) is 2.95. The molecule has 2 nitrogen and oxygen atoms in total. The summed E-state index contributed by atoms with van der Waals surface area (Å²) in [7, 11) is 0. The molecule has 0 aromatic carbocycles. The summed E-state index contributed by atoms with van der Waals surface area (Å²) in [6.45, 7) is -0.513. The fourth-order valence-corrected chi connectivity index (χ4v) is 2.77. The molecule has 0 atom stereocenters. The second kappa shape index (κ2) is 7.48. The van der Waals surface area contributed by atoms with Gasteiger partial charge in [0.1, 0.15) is 6.61 Å². The average Bonchev–Trinajstić information content (AvgIpc) is 2.28. The first-order chi connectivity index (χ1) is 8.01. The summed E-state index contributed by atoms with van der Waals surface area (Å²) in [6.07, 6.45) is 2.54. The molecule has 0 bridgehead atoms. The van der Waals surface area contributed by atoms with E-state index in [1.54, 1.807) is 0 Å². The van der Waals surface area contributed by atoms with Crippen molar-refractivity contribution in [2.45, 2.75) is 43.2 Å². The maximum absolute atomic E-state index is 11.8. The van der Waals surface area contributed by atoms with E-state index < -0.39 is 12.8 Å². The SMILES string of the molecule is CSC1CCC(NCCOCC(F)(F)F)CC1. The van der Waals surface area contributed by atoms with Gasteiger partial charge in [0.15, 0.2) is 0 Å². The van der Waals surface area contributed by atoms with Crippen LogP contribution in [0.4, 0.5) is 13.2 Å². The second-order valence-corrected chi connectivity index (χ2v) is 5.47. The van der Waals surface area contributed by atoms with Crippen LogP contribution >= 0.6 is 11.8 Å². The van der Waals surface area contributed by atoms with Gasteiger partial charge in [0, 0.05) is 17.8 Å². The van der Waals surface area contributed by atoms with E-state index in [0.717, 1.165) is 18.1 Å². The summed E-state index contributed by atoms with van der Waals surface area (Å²) in [5.74, 6) is 0. The molecular weight excluding hydrogens is 251 g/mol. The van der Waals surface area contributed by atoms with E-state index in [-0.39, 0.29) is 6.61 Å². The van der Waals surface area contributed by atoms with Crippen LogP contribution in [-0.2, 0) is 4.74 Å². The average molecular weight is 271 g/mol. The predicted octanol–water partition coefficient (Wildman–Crippen LogP) is 2.83. The maximum Gasteiger partial charge on any atom is 0.411 e. The molecule has 1 aliphatic carbocycles. The van der Waals surface area contributed by atoms with E-state index >= 15 is 0 Å². The van der Waals surface area contributed by atoms with Gasteiger partial charge in [-0.1, -0.05) is 0 Å². The number of hydrogen-bond donors (Lipinski definition) is 1. The molecule has 0 aliphatic heterocycles. The van der Waals surface area contributed by atoms with E-state index in [2.05, 4.69) is 16.3 Å². The van der Waals surface area contributed by atoms with Crippen LogP contribution in [0.1, 0.15) is 25.7 Å². The lowest BCUT2D eigenvalue weighted by Crippen LogP contribution is -2.36. The Morgan fingerprint density at radius 1 is 1.24 bits per heavy atom. The molecule has 6 heteroatoms. The van der Waals surface area contributed by atoms with Crippen molar-refractivity contribution in [2.24, 2.45) is 0 Å². The molecule has 0 heterocycles. The molecule has 0 unspecified atom stereocenters. The van der Waals surface area contributed by atoms with Gasteiger partial charge >= 0.3 is 6.18 Å². The first kappa shape index (κ1) is 15.1. The van der Waals surface area contributed by atoms with Crippen molar-refractivity contribution in [3.63, 3.8) is 0 Å². The molecule has 1 aliphatic rings. The number of alkyl halides is 3. The zero-order valence-corrected chi connectivity index (χ0v) is 10.9. The Balaban J connectivity index is 1.97. The Kier molecular flexibility index (Phi) is 6.66. The van der Waals surface area contributed by atoms with Gasteiger partial charge in [0.2, 0.25) is 0 Å². The van der Waals surface area contributed by atoms with Crippen LogP contribution in [0.15, 0.2) is 0 Å². The van der Waals surface area contributed by atoms with Gasteiger partial charge in [-0.2, -0.15) is 24.9 Å². The minimum atomic E-state index is -4.21. The van der Waals surface area contributed by atoms with E-state index in [0.29, 0.717) is 12.6 Å². The first-order valence-electron chi connectivity index (χ1n) is 5.92. The molecule has 0 saturated heterocycles. The molecule has 1 saturated carbocycles. The third-order valence-corrected chi connectivity index (χ3v) is 4.09. The molecule has 0 spiro atoms. The number of ether oxygens (including phenoxy) is 1. The van der Waals surface area contributed by atoms with E-state index in [1.165, 1.54) is 12.8 Å². The van der Waals surface area contributed by atoms with Crippen LogP contribution < -0.4 is 5.32 Å². The summed E-state index contributed by atoms with van der Waals surface area (Å²) in [6, 6.07) is 0.452. The fraction of sp³-hybridized carbons (Fsp3) is 1.00. The predicted molar refractivity (Wildman–Crippen MR) is 64.4 cm³/mol. The Morgan fingerprint density at radius 2 is 1.88 bits per heavy atom. The smallest absolute Gasteiger partial charge is 0.371 e. The Morgan fingerprint density at radius 3 is 2.41 bits per heavy atom. The van der Waals surface area contributed by atoms with Crippen molar-refractivity contribution in [1.29, 1.82) is 0 Å². The molecule has 102 valence electrons. The zero-order chi connectivity index (χ0) is 12.7. The van der Waals surface area contributed by atoms with E-state index in [1.807, 2.05) is 11.8 Å². The lowest BCUT2D eigenvalue weighted by Gasteiger charge is -2.28. The highest BCUT2D eigenvalue weighted by Gasteiger charge is 2.27. The summed E-state index contributed by atoms with van der Waals surface area (Å²) >= 11 is 1.91. The van der Waals surface area contributed by atoms with E-state index in [9.17, 15) is 13.2 Å². The van der Waals surface area contributed by atoms with Crippen LogP contribution in [0.2, 0.25) is 0 Å². The van der Waals surface area contributed by atoms with Crippen molar-refractivity contribution < 1.29 is 17.9 Å². The highest BCUT2D eigenvalue weighted by atomic mass is 32.2. The second-order valence-electron chi connectivity index (χ2n) is 4.33. The summed E-state index contributed by atoms with van der Waals surface area (Å²) < 4.78 is 39.9. The molecular formula is C11H20F3NOS. The van der Waals surface area contributed by atoms with Gasteiger partial charge in [-0.15, -0.1) is 0 Å². The number of thioether (sulfide) groups is 1. The monoisotopic (exact) mass is 271 g/mol. The number of halogens is 3. The van der Waals surface area contributed by atoms with Gasteiger partial charge < -0.3 is 10.1 Å². The van der Waals surface area contributed by atoms with Gasteiger partial charge in [0.05, 0.1) is 6.61 Å². The largest absolute Gasteiger partial charge is 0.411 e. The van der Waals surface area contributed by atoms with Crippen LogP contribution in [0.3, 0.4) is 0 Å². The highest BCUT2D eigenvalue weighted by Crippen LogP contribution is 2.26. The third kappa shape index (κ3) is 7.16. The van der Waals surface area contributed by atoms with Gasteiger partial charge in [-0.3, -0.25) is 0 Å². The maximum atomic E-state index is 11.8. The lowest BCUT2D eigenvalue weighted by atomic mass is 9.95. The summed E-state index contributed by atoms with van der Waals surface area (Å²) in [5, 5.41) is 4.01. The first-order valence-corrected chi connectivity index (χ1v) is 7.20. The standard InChI is InChI=1S/C11H20F3NOS/c1-17-10-4-2-9(3-5-10)15-6-7-16-8-11(12,13)14/h9-10,15H,2-8H2,1H3. The minimum Gasteiger partial charge on any atom is -0.371 e. The van der Waals surface area contributed by atoms with Crippen LogP contribution in [0, 0.1) is 0 Å². The number of hydrogen-bond acceptors (Lipinski definition) is 3. The molecule has 1 N–H and O–H groups in total. The molecule has 0 amide bonds. The van der Waals surface area contributed by atoms with Crippen molar-refractivity contribution in [3.8, 4) is 0 Å². The van der Waals surface area contributed by atoms with Gasteiger partial charge in [-0.05, 0) is 31.9 Å². The van der Waals surface area contributed by atoms with Crippen LogP contribution in [0.5, 0.6) is 0 Å². The van der Waals surface area contributed by atoms with Crippen molar-refractivity contribution in [3.05, 3.63) is 0 Å². The van der Waals surface area contributed by atoms with Crippen molar-refractivity contribution in [1.82, 2.24) is 5.32 Å². The fourth-order valence-electron chi connectivity index (χ4n) is 2.03. The highest BCUT2D eigenvalue weighted by molar-refractivity contribution is 7.99. The normalized spacial score (nSPS) is 26.1. The van der Waals surface area contributed by atoms with Crippen LogP contribution in [0.25, 0.3) is 0 Å². The molecule has 17 heavy (non-hydrogen) atoms. The summed E-state index contributed by atoms with van der Waals surface area (Å²) in [5.41, 5.74) is 0. The zero-order valence-electron chi connectivity index (χ0n) is 10.1. The lowest BCUT2D eigenvalue weighted by molar-refractivity contribution is -0.173. The minimum absolute atomic E-state index is 0.127. The Hall–Kier alpha value is 0.0600. The van der Waals surface area contributed by atoms with Gasteiger partial charge in [0.25, 0.3) is 0 Å². The topological polar surface area (TPSA) is 21.3 Å². The molecule has 0 radical (unpaired) electrons. The Labute approximate surface area is 105 Å². The van der Waals surface area contributed by atoms with Crippen LogP contribution in [-0.4, -0.2) is 43.5 Å². The van der Waals surface area contributed by atoms with Gasteiger partial charge in [-0.25, -0.2) is 0 Å². The Bertz CT molecular complexity index is 205. The number of nitrogens with one attached hydrogen (secondary N) is 1.